The molecule has 2 saturated heterocycles. The summed E-state index contributed by atoms with van der Waals surface area (Å²) in [5, 5.41) is 8.87. The summed E-state index contributed by atoms with van der Waals surface area (Å²) in [6.45, 7) is 2.17. The van der Waals surface area contributed by atoms with Crippen molar-refractivity contribution in [1.29, 1.82) is 0 Å². The molecule has 2 heterocycles. The summed E-state index contributed by atoms with van der Waals surface area (Å²) in [5.74, 6) is -2.02. The maximum Gasteiger partial charge on any atom is 0.337 e. The molecule has 0 bridgehead atoms. The van der Waals surface area contributed by atoms with E-state index >= 15 is 4.57 Å². The Kier molecular flexibility index (Phi) is 7.67. The van der Waals surface area contributed by atoms with Crippen LogP contribution in [0.2, 0.25) is 0 Å². The highest BCUT2D eigenvalue weighted by Gasteiger charge is 2.62. The highest BCUT2D eigenvalue weighted by molar-refractivity contribution is 7.65. The number of carboxylic acid groups (broad SMARTS) is 1. The van der Waals surface area contributed by atoms with Crippen LogP contribution < -0.4 is 5.73 Å². The van der Waals surface area contributed by atoms with Gasteiger partial charge in [0.2, 0.25) is 11.8 Å². The molecule has 0 saturated carbocycles. The molecule has 0 aliphatic carbocycles. The third-order valence-corrected chi connectivity index (χ3v) is 11.2. The number of rotatable bonds is 8. The first-order valence-corrected chi connectivity index (χ1v) is 14.5. The van der Waals surface area contributed by atoms with Gasteiger partial charge in [0.05, 0.1) is 6.04 Å². The number of carbonyl (C=O) groups is 3. The monoisotopic (exact) mass is 511 g/mol. The lowest BCUT2D eigenvalue weighted by Gasteiger charge is -2.43. The van der Waals surface area contributed by atoms with Gasteiger partial charge in [0, 0.05) is 25.4 Å². The van der Waals surface area contributed by atoms with E-state index in [1.54, 1.807) is 6.92 Å². The smallest absolute Gasteiger partial charge is 0.337 e. The number of likely N-dealkylation sites (tertiary alicyclic amines) is 2. The van der Waals surface area contributed by atoms with E-state index in [0.717, 1.165) is 11.1 Å². The van der Waals surface area contributed by atoms with Crippen molar-refractivity contribution >= 4 is 24.9 Å². The molecule has 3 N–H and O–H groups in total. The fourth-order valence-corrected chi connectivity index (χ4v) is 9.51. The number of nitrogens with two attached hydrogens (primary N) is 1. The second-order valence-electron chi connectivity index (χ2n) is 9.87. The van der Waals surface area contributed by atoms with Gasteiger partial charge >= 0.3 is 5.97 Å². The van der Waals surface area contributed by atoms with Gasteiger partial charge in [0.15, 0.2) is 5.28 Å². The molecule has 192 valence electrons. The predicted octanol–water partition coefficient (Wildman–Crippen LogP) is 3.49. The molecule has 4 rings (SSSR count). The summed E-state index contributed by atoms with van der Waals surface area (Å²) in [4.78, 5) is 42.6. The van der Waals surface area contributed by atoms with Gasteiger partial charge < -0.3 is 25.2 Å². The fraction of sp³-hybridized carbons (Fsp3) is 0.444. The molecule has 8 nitrogen and oxygen atoms in total. The summed E-state index contributed by atoms with van der Waals surface area (Å²) in [6, 6.07) is 16.9. The van der Waals surface area contributed by atoms with Gasteiger partial charge in [-0.2, -0.15) is 0 Å². The van der Waals surface area contributed by atoms with Gasteiger partial charge in [0.25, 0.3) is 0 Å². The molecule has 2 aliphatic heterocycles. The Morgan fingerprint density at radius 1 is 1.00 bits per heavy atom. The van der Waals surface area contributed by atoms with E-state index in [2.05, 4.69) is 0 Å². The number of benzene rings is 2. The van der Waals surface area contributed by atoms with E-state index in [4.69, 9.17) is 5.73 Å². The van der Waals surface area contributed by atoms with Crippen LogP contribution in [0, 0.1) is 0 Å². The third kappa shape index (κ3) is 4.72. The summed E-state index contributed by atoms with van der Waals surface area (Å²) >= 11 is 0. The standard InChI is InChI=1S/C27H34N3O5P/c1-20(28)24(31)29-16-8-14-23(29)25(32)30-17-9-15-27(30,26(33)34)36(35,18-21-10-4-2-5-11-21)19-22-12-6-3-7-13-22/h2-7,10-13,20,23H,8-9,14-19,28H2,1H3,(H,33,34)/t20-,23-,27+/m0/s1. The Hall–Kier alpha value is -2.96. The summed E-state index contributed by atoms with van der Waals surface area (Å²) in [6.07, 6.45) is 1.73. The molecular formula is C27H34N3O5P. The Morgan fingerprint density at radius 3 is 2.06 bits per heavy atom. The minimum atomic E-state index is -3.63. The van der Waals surface area contributed by atoms with Crippen molar-refractivity contribution in [3.05, 3.63) is 71.8 Å². The number of nitrogens with zero attached hydrogens (tertiary/aromatic N) is 2. The maximum absolute atomic E-state index is 15.1. The first kappa shape index (κ1) is 26.1. The van der Waals surface area contributed by atoms with Crippen molar-refractivity contribution in [1.82, 2.24) is 9.80 Å². The molecule has 0 radical (unpaired) electrons. The molecule has 3 atom stereocenters. The van der Waals surface area contributed by atoms with E-state index in [-0.39, 0.29) is 31.2 Å². The summed E-state index contributed by atoms with van der Waals surface area (Å²) in [5.41, 5.74) is 7.36. The molecule has 36 heavy (non-hydrogen) atoms. The van der Waals surface area contributed by atoms with Crippen LogP contribution in [0.25, 0.3) is 0 Å². The van der Waals surface area contributed by atoms with Crippen LogP contribution in [0.1, 0.15) is 43.7 Å². The fourth-order valence-electron chi connectivity index (χ4n) is 5.72. The highest BCUT2D eigenvalue weighted by Crippen LogP contribution is 2.67. The second-order valence-corrected chi connectivity index (χ2v) is 13.0. The van der Waals surface area contributed by atoms with Crippen LogP contribution in [0.5, 0.6) is 0 Å². The van der Waals surface area contributed by atoms with E-state index < -0.39 is 36.4 Å². The second kappa shape index (κ2) is 10.6. The van der Waals surface area contributed by atoms with Gasteiger partial charge in [-0.25, -0.2) is 4.79 Å². The highest BCUT2D eigenvalue weighted by atomic mass is 31.2. The van der Waals surface area contributed by atoms with E-state index in [1.165, 1.54) is 9.80 Å². The van der Waals surface area contributed by atoms with E-state index in [1.807, 2.05) is 60.7 Å². The zero-order chi connectivity index (χ0) is 25.9. The first-order valence-electron chi connectivity index (χ1n) is 12.5. The van der Waals surface area contributed by atoms with Gasteiger partial charge in [-0.15, -0.1) is 0 Å². The molecule has 0 aromatic heterocycles. The zero-order valence-electron chi connectivity index (χ0n) is 20.6. The first-order chi connectivity index (χ1) is 17.2. The van der Waals surface area contributed by atoms with Crippen LogP contribution in [0.4, 0.5) is 0 Å². The number of amides is 2. The quantitative estimate of drug-likeness (QED) is 0.524. The SMILES string of the molecule is C[C@H](N)C(=O)N1CCC[C@H]1C(=O)N1CCC[C@]1(C(=O)O)P(=O)(Cc1ccccc1)Cc1ccccc1. The van der Waals surface area contributed by atoms with Crippen molar-refractivity contribution in [3.63, 3.8) is 0 Å². The molecule has 9 heteroatoms. The van der Waals surface area contributed by atoms with Gasteiger partial charge in [-0.3, -0.25) is 9.59 Å². The van der Waals surface area contributed by atoms with E-state index in [0.29, 0.717) is 25.8 Å². The molecule has 2 amide bonds. The Balaban J connectivity index is 1.78. The van der Waals surface area contributed by atoms with Crippen LogP contribution in [-0.2, 0) is 31.3 Å². The normalized spacial score (nSPS) is 23.0. The van der Waals surface area contributed by atoms with Crippen molar-refractivity contribution in [2.75, 3.05) is 13.1 Å². The number of hydrogen-bond acceptors (Lipinski definition) is 5. The van der Waals surface area contributed by atoms with E-state index in [9.17, 15) is 19.5 Å². The van der Waals surface area contributed by atoms with Crippen molar-refractivity contribution in [3.8, 4) is 0 Å². The lowest BCUT2D eigenvalue weighted by Crippen LogP contribution is -2.59. The van der Waals surface area contributed by atoms with Gasteiger partial charge in [-0.1, -0.05) is 60.7 Å². The van der Waals surface area contributed by atoms with Gasteiger partial charge in [0.1, 0.15) is 13.2 Å². The van der Waals surface area contributed by atoms with Crippen molar-refractivity contribution < 1.29 is 24.1 Å². The Bertz CT molecular complexity index is 1110. The Labute approximate surface area is 211 Å². The molecule has 2 fully saturated rings. The van der Waals surface area contributed by atoms with Crippen LogP contribution in [0.15, 0.2) is 60.7 Å². The lowest BCUT2D eigenvalue weighted by molar-refractivity contribution is -0.154. The van der Waals surface area contributed by atoms with Crippen LogP contribution in [-0.4, -0.2) is 63.1 Å². The minimum Gasteiger partial charge on any atom is -0.479 e. The topological polar surface area (TPSA) is 121 Å². The molecular weight excluding hydrogens is 477 g/mol. The maximum atomic E-state index is 15.1. The van der Waals surface area contributed by atoms with Gasteiger partial charge in [-0.05, 0) is 43.7 Å². The Morgan fingerprint density at radius 2 is 1.56 bits per heavy atom. The van der Waals surface area contributed by atoms with Crippen molar-refractivity contribution in [2.24, 2.45) is 5.73 Å². The minimum absolute atomic E-state index is 0.0615. The number of hydrogen-bond donors (Lipinski definition) is 2. The summed E-state index contributed by atoms with van der Waals surface area (Å²) in [7, 11) is -3.63. The zero-order valence-corrected chi connectivity index (χ0v) is 21.5. The third-order valence-electron chi connectivity index (χ3n) is 7.41. The molecule has 2 aromatic rings. The average Bonchev–Trinajstić information content (AvgIpc) is 3.53. The average molecular weight is 512 g/mol. The molecule has 2 aliphatic rings. The van der Waals surface area contributed by atoms with Crippen LogP contribution in [0.3, 0.4) is 0 Å². The number of carbonyl (C=O) groups excluding carboxylic acids is 2. The van der Waals surface area contributed by atoms with Crippen molar-refractivity contribution in [2.45, 2.75) is 62.3 Å². The molecule has 2 aromatic carbocycles. The van der Waals surface area contributed by atoms with Crippen LogP contribution >= 0.6 is 7.14 Å². The molecule has 0 unspecified atom stereocenters. The number of aliphatic carboxylic acids is 1. The number of carboxylic acids is 1. The molecule has 0 spiro atoms. The summed E-state index contributed by atoms with van der Waals surface area (Å²) < 4.78 is 15.1. The predicted molar refractivity (Wildman–Crippen MR) is 138 cm³/mol. The lowest BCUT2D eigenvalue weighted by atomic mass is 10.1. The largest absolute Gasteiger partial charge is 0.479 e.